The fourth-order valence-electron chi connectivity index (χ4n) is 1.40. The van der Waals surface area contributed by atoms with E-state index >= 15 is 0 Å². The molecule has 90 valence electrons. The van der Waals surface area contributed by atoms with Crippen molar-refractivity contribution in [2.24, 2.45) is 5.92 Å². The molecule has 16 heavy (non-hydrogen) atoms. The lowest BCUT2D eigenvalue weighted by Gasteiger charge is -2.18. The quantitative estimate of drug-likeness (QED) is 0.635. The summed E-state index contributed by atoms with van der Waals surface area (Å²) in [5.41, 5.74) is 0. The summed E-state index contributed by atoms with van der Waals surface area (Å²) in [5, 5.41) is 0.516. The van der Waals surface area contributed by atoms with Gasteiger partial charge in [0.15, 0.2) is 0 Å². The molecular weight excluding hydrogens is 210 g/mol. The highest BCUT2D eigenvalue weighted by molar-refractivity contribution is 6.01. The molecule has 1 aliphatic carbocycles. The third-order valence-corrected chi connectivity index (χ3v) is 2.62. The van der Waals surface area contributed by atoms with Crippen molar-refractivity contribution in [2.45, 2.75) is 46.0 Å². The van der Waals surface area contributed by atoms with Gasteiger partial charge in [-0.3, -0.25) is 9.59 Å². The summed E-state index contributed by atoms with van der Waals surface area (Å²) in [4.78, 5) is 36.1. The first kappa shape index (κ1) is 12.7. The predicted octanol–water partition coefficient (Wildman–Crippen LogP) is 1.42. The fourth-order valence-corrected chi connectivity index (χ4v) is 1.40. The molecule has 0 unspecified atom stereocenters. The molecule has 5 heteroatoms. The Morgan fingerprint density at radius 3 is 1.94 bits per heavy atom. The van der Waals surface area contributed by atoms with E-state index in [1.807, 2.05) is 0 Å². The molecule has 0 bridgehead atoms. The van der Waals surface area contributed by atoms with Gasteiger partial charge in [0, 0.05) is 19.8 Å². The lowest BCUT2D eigenvalue weighted by atomic mass is 9.88. The molecular formula is C11H17NO4. The number of hydrogen-bond donors (Lipinski definition) is 0. The standard InChI is InChI=1S/C6H7NO4.C5H10/c1-4(8)11-7-5(9)2-3-6(7)10;1-5-3-2-4-5/h2-3H2,1H3;5H,2-4H2,1H3. The summed E-state index contributed by atoms with van der Waals surface area (Å²) in [5.74, 6) is -0.501. The van der Waals surface area contributed by atoms with Gasteiger partial charge in [0.05, 0.1) is 0 Å². The van der Waals surface area contributed by atoms with E-state index in [0.29, 0.717) is 5.06 Å². The second kappa shape index (κ2) is 5.63. The Bertz CT molecular complexity index is 280. The zero-order valence-electron chi connectivity index (χ0n) is 9.69. The summed E-state index contributed by atoms with van der Waals surface area (Å²) in [6.45, 7) is 3.45. The maximum Gasteiger partial charge on any atom is 0.330 e. The van der Waals surface area contributed by atoms with Gasteiger partial charge in [0.1, 0.15) is 0 Å². The molecule has 2 rings (SSSR count). The predicted molar refractivity (Wildman–Crippen MR) is 55.9 cm³/mol. The highest BCUT2D eigenvalue weighted by Crippen LogP contribution is 2.24. The molecule has 0 N–H and O–H groups in total. The van der Waals surface area contributed by atoms with Crippen LogP contribution in [-0.4, -0.2) is 22.8 Å². The number of hydroxylamine groups is 2. The minimum absolute atomic E-state index is 0.131. The molecule has 0 aromatic rings. The lowest BCUT2D eigenvalue weighted by molar-refractivity contribution is -0.195. The molecule has 1 heterocycles. The Morgan fingerprint density at radius 2 is 1.69 bits per heavy atom. The Kier molecular flexibility index (Phi) is 4.46. The van der Waals surface area contributed by atoms with Crippen LogP contribution in [0.2, 0.25) is 0 Å². The second-order valence-electron chi connectivity index (χ2n) is 4.20. The molecule has 5 nitrogen and oxygen atoms in total. The summed E-state index contributed by atoms with van der Waals surface area (Å²) >= 11 is 0. The first-order chi connectivity index (χ1) is 7.50. The second-order valence-corrected chi connectivity index (χ2v) is 4.20. The van der Waals surface area contributed by atoms with Crippen molar-refractivity contribution in [3.63, 3.8) is 0 Å². The van der Waals surface area contributed by atoms with E-state index in [1.54, 1.807) is 0 Å². The van der Waals surface area contributed by atoms with Gasteiger partial charge in [-0.1, -0.05) is 26.2 Å². The van der Waals surface area contributed by atoms with Crippen molar-refractivity contribution in [1.82, 2.24) is 5.06 Å². The van der Waals surface area contributed by atoms with Crippen molar-refractivity contribution in [2.75, 3.05) is 0 Å². The van der Waals surface area contributed by atoms with Gasteiger partial charge in [-0.2, -0.15) is 0 Å². The summed E-state index contributed by atoms with van der Waals surface area (Å²) in [6, 6.07) is 0. The molecule has 0 atom stereocenters. The van der Waals surface area contributed by atoms with E-state index in [2.05, 4.69) is 11.8 Å². The SMILES string of the molecule is CC(=O)ON1C(=O)CCC1=O.CC1CCC1. The van der Waals surface area contributed by atoms with Crippen LogP contribution in [0.15, 0.2) is 0 Å². The van der Waals surface area contributed by atoms with Crippen molar-refractivity contribution in [3.05, 3.63) is 0 Å². The average molecular weight is 227 g/mol. The highest BCUT2D eigenvalue weighted by atomic mass is 16.7. The first-order valence-electron chi connectivity index (χ1n) is 5.55. The summed E-state index contributed by atoms with van der Waals surface area (Å²) in [7, 11) is 0. The van der Waals surface area contributed by atoms with Crippen LogP contribution in [-0.2, 0) is 19.2 Å². The molecule has 1 aliphatic heterocycles. The number of imide groups is 1. The largest absolute Gasteiger partial charge is 0.331 e. The van der Waals surface area contributed by atoms with Crippen LogP contribution in [0.3, 0.4) is 0 Å². The van der Waals surface area contributed by atoms with E-state index in [1.165, 1.54) is 19.3 Å². The minimum atomic E-state index is -0.659. The monoisotopic (exact) mass is 227 g/mol. The highest BCUT2D eigenvalue weighted by Gasteiger charge is 2.31. The zero-order valence-corrected chi connectivity index (χ0v) is 9.69. The Morgan fingerprint density at radius 1 is 1.25 bits per heavy atom. The maximum absolute atomic E-state index is 10.7. The average Bonchev–Trinajstić information content (AvgIpc) is 2.47. The molecule has 2 amide bonds. The van der Waals surface area contributed by atoms with Crippen LogP contribution in [0.5, 0.6) is 0 Å². The van der Waals surface area contributed by atoms with E-state index in [4.69, 9.17) is 0 Å². The van der Waals surface area contributed by atoms with E-state index in [0.717, 1.165) is 12.8 Å². The molecule has 1 saturated heterocycles. The number of nitrogens with zero attached hydrogens (tertiary/aromatic N) is 1. The Balaban J connectivity index is 0.000000212. The third kappa shape index (κ3) is 3.64. The molecule has 0 aromatic carbocycles. The van der Waals surface area contributed by atoms with Gasteiger partial charge in [0.25, 0.3) is 11.8 Å². The minimum Gasteiger partial charge on any atom is -0.331 e. The van der Waals surface area contributed by atoms with E-state index in [-0.39, 0.29) is 12.8 Å². The molecule has 0 radical (unpaired) electrons. The van der Waals surface area contributed by atoms with Gasteiger partial charge in [0.2, 0.25) is 0 Å². The molecule has 1 saturated carbocycles. The summed E-state index contributed by atoms with van der Waals surface area (Å²) in [6.07, 6.45) is 4.72. The Hall–Kier alpha value is -1.39. The van der Waals surface area contributed by atoms with E-state index in [9.17, 15) is 14.4 Å². The first-order valence-corrected chi connectivity index (χ1v) is 5.55. The topological polar surface area (TPSA) is 63.7 Å². The maximum atomic E-state index is 10.7. The van der Waals surface area contributed by atoms with Crippen molar-refractivity contribution in [3.8, 4) is 0 Å². The van der Waals surface area contributed by atoms with Gasteiger partial charge >= 0.3 is 5.97 Å². The number of carbonyl (C=O) groups excluding carboxylic acids is 3. The zero-order chi connectivity index (χ0) is 12.1. The molecule has 0 spiro atoms. The van der Waals surface area contributed by atoms with Crippen LogP contribution in [0, 0.1) is 5.92 Å². The van der Waals surface area contributed by atoms with Crippen molar-refractivity contribution < 1.29 is 19.2 Å². The molecule has 2 fully saturated rings. The van der Waals surface area contributed by atoms with Crippen LogP contribution in [0.25, 0.3) is 0 Å². The normalized spacial score (nSPS) is 20.0. The molecule has 2 aliphatic rings. The Labute approximate surface area is 94.7 Å². The fraction of sp³-hybridized carbons (Fsp3) is 0.727. The van der Waals surface area contributed by atoms with Crippen molar-refractivity contribution >= 4 is 17.8 Å². The van der Waals surface area contributed by atoms with Crippen molar-refractivity contribution in [1.29, 1.82) is 0 Å². The van der Waals surface area contributed by atoms with Crippen LogP contribution >= 0.6 is 0 Å². The van der Waals surface area contributed by atoms with Crippen LogP contribution in [0.4, 0.5) is 0 Å². The number of hydrogen-bond acceptors (Lipinski definition) is 4. The van der Waals surface area contributed by atoms with Crippen LogP contribution < -0.4 is 0 Å². The van der Waals surface area contributed by atoms with Gasteiger partial charge < -0.3 is 4.84 Å². The van der Waals surface area contributed by atoms with Gasteiger partial charge in [-0.25, -0.2) is 4.79 Å². The number of rotatable bonds is 1. The smallest absolute Gasteiger partial charge is 0.330 e. The van der Waals surface area contributed by atoms with E-state index < -0.39 is 17.8 Å². The number of carbonyl (C=O) groups is 3. The van der Waals surface area contributed by atoms with Gasteiger partial charge in [-0.05, 0) is 5.92 Å². The van der Waals surface area contributed by atoms with Gasteiger partial charge in [-0.15, -0.1) is 5.06 Å². The van der Waals surface area contributed by atoms with Crippen LogP contribution in [0.1, 0.15) is 46.0 Å². The molecule has 0 aromatic heterocycles. The summed E-state index contributed by atoms with van der Waals surface area (Å²) < 4.78 is 0. The number of amides is 2. The third-order valence-electron chi connectivity index (χ3n) is 2.62. The lowest BCUT2D eigenvalue weighted by Crippen LogP contribution is -2.30.